The number of carbonyl (C=O) groups excluding carboxylic acids is 1. The average Bonchev–Trinajstić information content (AvgIpc) is 3.21. The van der Waals surface area contributed by atoms with E-state index in [1.165, 1.54) is 4.57 Å². The third kappa shape index (κ3) is 5.02. The minimum atomic E-state index is -0.378. The van der Waals surface area contributed by atoms with Gasteiger partial charge < -0.3 is 15.0 Å². The van der Waals surface area contributed by atoms with Gasteiger partial charge in [-0.05, 0) is 54.8 Å². The van der Waals surface area contributed by atoms with Crippen molar-refractivity contribution in [1.29, 1.82) is 0 Å². The van der Waals surface area contributed by atoms with E-state index in [2.05, 4.69) is 10.3 Å². The number of halogens is 1. The summed E-state index contributed by atoms with van der Waals surface area (Å²) in [6, 6.07) is 16.2. The number of para-hydroxylation sites is 1. The Hall–Kier alpha value is -3.78. The second kappa shape index (κ2) is 10.7. The highest BCUT2D eigenvalue weighted by Crippen LogP contribution is 2.33. The van der Waals surface area contributed by atoms with Gasteiger partial charge in [-0.1, -0.05) is 43.6 Å². The summed E-state index contributed by atoms with van der Waals surface area (Å²) in [5, 5.41) is 3.09. The van der Waals surface area contributed by atoms with Crippen LogP contribution >= 0.6 is 11.6 Å². The fourth-order valence-electron chi connectivity index (χ4n) is 3.97. The number of ether oxygens (including phenoxy) is 1. The molecule has 2 aromatic carbocycles. The molecule has 0 saturated heterocycles. The van der Waals surface area contributed by atoms with Crippen LogP contribution in [-0.4, -0.2) is 26.6 Å². The van der Waals surface area contributed by atoms with Gasteiger partial charge in [0.05, 0.1) is 16.2 Å². The molecule has 9 heteroatoms. The van der Waals surface area contributed by atoms with Gasteiger partial charge in [0.1, 0.15) is 11.3 Å². The zero-order valence-electron chi connectivity index (χ0n) is 19.6. The van der Waals surface area contributed by atoms with Crippen molar-refractivity contribution < 1.29 is 9.53 Å². The van der Waals surface area contributed by atoms with Crippen LogP contribution in [0.5, 0.6) is 5.75 Å². The molecule has 4 aromatic rings. The van der Waals surface area contributed by atoms with Gasteiger partial charge >= 0.3 is 5.69 Å². The molecule has 0 fully saturated rings. The molecule has 0 spiro atoms. The van der Waals surface area contributed by atoms with Gasteiger partial charge in [0.15, 0.2) is 6.61 Å². The Labute approximate surface area is 207 Å². The van der Waals surface area contributed by atoms with Gasteiger partial charge in [0, 0.05) is 18.8 Å². The molecule has 2 heterocycles. The maximum Gasteiger partial charge on any atom is 0.331 e. The van der Waals surface area contributed by atoms with Crippen LogP contribution in [0.3, 0.4) is 0 Å². The molecule has 2 aromatic heterocycles. The monoisotopic (exact) mass is 494 g/mol. The van der Waals surface area contributed by atoms with Crippen molar-refractivity contribution in [2.75, 3.05) is 11.9 Å². The third-order valence-corrected chi connectivity index (χ3v) is 5.94. The van der Waals surface area contributed by atoms with Crippen molar-refractivity contribution >= 4 is 34.2 Å². The summed E-state index contributed by atoms with van der Waals surface area (Å²) in [7, 11) is 0. The molecule has 8 nitrogen and oxygen atoms in total. The Balaban J connectivity index is 1.60. The lowest BCUT2D eigenvalue weighted by Gasteiger charge is -2.11. The molecule has 1 amide bonds. The summed E-state index contributed by atoms with van der Waals surface area (Å²) in [5.41, 5.74) is 1.97. The normalized spacial score (nSPS) is 11.1. The standard InChI is InChI=1S/C26H27ClN4O4/c1-3-14-30-24-21(27)22(29-23(24)25(33)31(15-4-2)26(30)34)17-10-12-19(13-11-17)35-16-20(32)28-18-8-6-5-7-9-18/h5-13,29H,3-4,14-16H2,1-2H3,(H,28,32). The molecule has 0 bridgehead atoms. The van der Waals surface area contributed by atoms with Crippen LogP contribution in [0.15, 0.2) is 64.2 Å². The summed E-state index contributed by atoms with van der Waals surface area (Å²) in [6.45, 7) is 4.54. The smallest absolute Gasteiger partial charge is 0.331 e. The highest BCUT2D eigenvalue weighted by molar-refractivity contribution is 6.38. The number of carbonyl (C=O) groups is 1. The lowest BCUT2D eigenvalue weighted by Crippen LogP contribution is -2.40. The maximum absolute atomic E-state index is 13.0. The molecule has 2 N–H and O–H groups in total. The number of aromatic nitrogens is 3. The zero-order valence-corrected chi connectivity index (χ0v) is 20.4. The van der Waals surface area contributed by atoms with Crippen LogP contribution in [0.1, 0.15) is 26.7 Å². The van der Waals surface area contributed by atoms with E-state index < -0.39 is 0 Å². The van der Waals surface area contributed by atoms with Gasteiger partial charge in [-0.15, -0.1) is 0 Å². The van der Waals surface area contributed by atoms with E-state index in [0.717, 1.165) is 12.0 Å². The van der Waals surface area contributed by atoms with Crippen LogP contribution in [0.4, 0.5) is 5.69 Å². The number of fused-ring (bicyclic) bond motifs is 1. The summed E-state index contributed by atoms with van der Waals surface area (Å²) in [6.07, 6.45) is 1.39. The first-order chi connectivity index (χ1) is 16.9. The van der Waals surface area contributed by atoms with E-state index in [-0.39, 0.29) is 23.8 Å². The Morgan fingerprint density at radius 2 is 1.63 bits per heavy atom. The lowest BCUT2D eigenvalue weighted by molar-refractivity contribution is -0.118. The molecule has 0 unspecified atom stereocenters. The van der Waals surface area contributed by atoms with Crippen molar-refractivity contribution in [3.63, 3.8) is 0 Å². The van der Waals surface area contributed by atoms with Gasteiger partial charge in [0.2, 0.25) is 0 Å². The number of rotatable bonds is 9. The summed E-state index contributed by atoms with van der Waals surface area (Å²) >= 11 is 6.70. The molecule has 4 rings (SSSR count). The third-order valence-electron chi connectivity index (χ3n) is 5.57. The van der Waals surface area contributed by atoms with E-state index in [4.69, 9.17) is 16.3 Å². The average molecular weight is 495 g/mol. The van der Waals surface area contributed by atoms with Gasteiger partial charge in [-0.25, -0.2) is 4.79 Å². The summed E-state index contributed by atoms with van der Waals surface area (Å²) in [5.74, 6) is 0.244. The first-order valence-electron chi connectivity index (χ1n) is 11.6. The van der Waals surface area contributed by atoms with Crippen LogP contribution in [-0.2, 0) is 17.9 Å². The molecule has 0 aliphatic heterocycles. The second-order valence-corrected chi connectivity index (χ2v) is 8.53. The van der Waals surface area contributed by atoms with E-state index in [9.17, 15) is 14.4 Å². The molecule has 0 aliphatic carbocycles. The fraction of sp³-hybridized carbons (Fsp3) is 0.269. The maximum atomic E-state index is 13.0. The first-order valence-corrected chi connectivity index (χ1v) is 11.9. The topological polar surface area (TPSA) is 98.1 Å². The Morgan fingerprint density at radius 1 is 0.971 bits per heavy atom. The predicted octanol–water partition coefficient (Wildman–Crippen LogP) is 4.65. The number of nitrogens with one attached hydrogen (secondary N) is 2. The quantitative estimate of drug-likeness (QED) is 0.354. The lowest BCUT2D eigenvalue weighted by atomic mass is 10.1. The minimum absolute atomic E-state index is 0.137. The van der Waals surface area contributed by atoms with Gasteiger partial charge in [-0.2, -0.15) is 0 Å². The largest absolute Gasteiger partial charge is 0.484 e. The molecule has 0 atom stereocenters. The van der Waals surface area contributed by atoms with E-state index in [0.29, 0.717) is 52.7 Å². The van der Waals surface area contributed by atoms with Crippen molar-refractivity contribution in [1.82, 2.24) is 14.1 Å². The van der Waals surface area contributed by atoms with Crippen LogP contribution in [0.2, 0.25) is 5.02 Å². The van der Waals surface area contributed by atoms with Crippen molar-refractivity contribution in [2.45, 2.75) is 39.8 Å². The zero-order chi connectivity index (χ0) is 24.9. The van der Waals surface area contributed by atoms with Crippen LogP contribution in [0, 0.1) is 0 Å². The minimum Gasteiger partial charge on any atom is -0.484 e. The number of hydrogen-bond donors (Lipinski definition) is 2. The van der Waals surface area contributed by atoms with Gasteiger partial charge in [-0.3, -0.25) is 18.7 Å². The number of H-pyrrole nitrogens is 1. The van der Waals surface area contributed by atoms with Crippen molar-refractivity contribution in [3.05, 3.63) is 80.5 Å². The molecular weight excluding hydrogens is 468 g/mol. The number of aromatic amines is 1. The first kappa shape index (κ1) is 24.3. The fourth-order valence-corrected chi connectivity index (χ4v) is 4.33. The number of benzene rings is 2. The molecule has 0 saturated carbocycles. The van der Waals surface area contributed by atoms with Crippen molar-refractivity contribution in [3.8, 4) is 17.0 Å². The van der Waals surface area contributed by atoms with Gasteiger partial charge in [0.25, 0.3) is 11.5 Å². The SMILES string of the molecule is CCCn1c(=O)c2[nH]c(-c3ccc(OCC(=O)Nc4ccccc4)cc3)c(Cl)c2n(CCC)c1=O. The number of hydrogen-bond acceptors (Lipinski definition) is 4. The molecular formula is C26H27ClN4O4. The molecule has 0 aliphatic rings. The highest BCUT2D eigenvalue weighted by atomic mass is 35.5. The number of nitrogens with zero attached hydrogens (tertiary/aromatic N) is 2. The highest BCUT2D eigenvalue weighted by Gasteiger charge is 2.21. The number of amides is 1. The number of aryl methyl sites for hydroxylation is 1. The Kier molecular flexibility index (Phi) is 7.41. The summed E-state index contributed by atoms with van der Waals surface area (Å²) < 4.78 is 8.42. The van der Waals surface area contributed by atoms with Crippen molar-refractivity contribution in [2.24, 2.45) is 0 Å². The van der Waals surface area contributed by atoms with E-state index in [1.54, 1.807) is 41.0 Å². The Bertz CT molecular complexity index is 1450. The molecule has 35 heavy (non-hydrogen) atoms. The molecule has 182 valence electrons. The summed E-state index contributed by atoms with van der Waals surface area (Å²) in [4.78, 5) is 41.3. The van der Waals surface area contributed by atoms with Crippen LogP contribution < -0.4 is 21.3 Å². The van der Waals surface area contributed by atoms with E-state index in [1.807, 2.05) is 32.0 Å². The molecule has 0 radical (unpaired) electrons. The number of anilines is 1. The predicted molar refractivity (Wildman–Crippen MR) is 138 cm³/mol. The van der Waals surface area contributed by atoms with E-state index >= 15 is 0 Å². The second-order valence-electron chi connectivity index (χ2n) is 8.16. The Morgan fingerprint density at radius 3 is 2.29 bits per heavy atom. The van der Waals surface area contributed by atoms with Crippen LogP contribution in [0.25, 0.3) is 22.3 Å².